The van der Waals surface area contributed by atoms with E-state index in [1.807, 2.05) is 12.1 Å². The normalized spacial score (nSPS) is 18.7. The molecule has 0 spiro atoms. The largest absolute Gasteiger partial charge is 0.497 e. The molecule has 55 heavy (non-hydrogen) atoms. The standard InChI is InChI=1S/C46H61ClN4O4/c1-45(2)36-30-34(54-7)22-24-38(36)50(28-13-9-11-18-42(52)48-5)40(45)26-20-32-16-15-17-33(44(32)47)21-27-41-46(3,4)37-31-35(55-8)23-25-39(37)51(41)29-14-10-12-19-43(53)49-6/h20-27,30-31H,9-19,28-29H2,1-8H3,(H-,48,49,52,53)/p+1. The van der Waals surface area contributed by atoms with Crippen LogP contribution >= 0.6 is 11.6 Å². The molecule has 5 rings (SSSR count). The molecule has 0 radical (unpaired) electrons. The predicted octanol–water partition coefficient (Wildman–Crippen LogP) is 9.53. The second-order valence-corrected chi connectivity index (χ2v) is 16.3. The third-order valence-electron chi connectivity index (χ3n) is 11.7. The summed E-state index contributed by atoms with van der Waals surface area (Å²) in [5, 5.41) is 6.30. The molecule has 0 atom stereocenters. The summed E-state index contributed by atoms with van der Waals surface area (Å²) in [6.07, 6.45) is 18.8. The fourth-order valence-corrected chi connectivity index (χ4v) is 8.64. The number of fused-ring (bicyclic) bond motifs is 2. The monoisotopic (exact) mass is 769 g/mol. The summed E-state index contributed by atoms with van der Waals surface area (Å²) in [6.45, 7) is 10.9. The van der Waals surface area contributed by atoms with Gasteiger partial charge in [0.15, 0.2) is 5.71 Å². The van der Waals surface area contributed by atoms with Gasteiger partial charge in [0.2, 0.25) is 17.5 Å². The smallest absolute Gasteiger partial charge is 0.219 e. The molecule has 0 fully saturated rings. The van der Waals surface area contributed by atoms with Gasteiger partial charge in [-0.05, 0) is 112 Å². The molecule has 0 saturated carbocycles. The van der Waals surface area contributed by atoms with Crippen LogP contribution in [0.1, 0.15) is 109 Å². The first-order chi connectivity index (χ1) is 26.4. The third-order valence-corrected chi connectivity index (χ3v) is 12.2. The first-order valence-corrected chi connectivity index (χ1v) is 20.4. The minimum absolute atomic E-state index is 0.0955. The van der Waals surface area contributed by atoms with Gasteiger partial charge in [-0.3, -0.25) is 9.59 Å². The molecule has 0 saturated heterocycles. The minimum Gasteiger partial charge on any atom is -0.497 e. The lowest BCUT2D eigenvalue weighted by Crippen LogP contribution is -2.28. The van der Waals surface area contributed by atoms with E-state index in [-0.39, 0.29) is 22.6 Å². The fraction of sp³-hybridized carbons (Fsp3) is 0.500. The van der Waals surface area contributed by atoms with Crippen molar-refractivity contribution in [3.05, 3.63) is 93.7 Å². The number of nitrogens with one attached hydrogen (secondary N) is 2. The van der Waals surface area contributed by atoms with E-state index < -0.39 is 0 Å². The van der Waals surface area contributed by atoms with Crippen LogP contribution in [0.2, 0.25) is 0 Å². The average molecular weight is 770 g/mol. The van der Waals surface area contributed by atoms with Crippen molar-refractivity contribution < 1.29 is 23.6 Å². The lowest BCUT2D eigenvalue weighted by atomic mass is 9.81. The number of ether oxygens (including phenoxy) is 2. The van der Waals surface area contributed by atoms with E-state index in [4.69, 9.17) is 21.1 Å². The van der Waals surface area contributed by atoms with Crippen molar-refractivity contribution in [1.82, 2.24) is 10.6 Å². The van der Waals surface area contributed by atoms with Gasteiger partial charge in [-0.25, -0.2) is 0 Å². The minimum atomic E-state index is -0.231. The Morgan fingerprint density at radius 2 is 1.44 bits per heavy atom. The number of hydrogen-bond donors (Lipinski definition) is 2. The Balaban J connectivity index is 1.43. The maximum atomic E-state index is 11.8. The summed E-state index contributed by atoms with van der Waals surface area (Å²) in [7, 11) is 6.83. The van der Waals surface area contributed by atoms with Crippen LogP contribution in [-0.4, -0.2) is 63.5 Å². The highest BCUT2D eigenvalue weighted by Crippen LogP contribution is 2.49. The molecule has 2 aromatic rings. The Bertz CT molecular complexity index is 1900. The van der Waals surface area contributed by atoms with E-state index in [0.29, 0.717) is 12.8 Å². The van der Waals surface area contributed by atoms with Gasteiger partial charge in [0, 0.05) is 79.4 Å². The summed E-state index contributed by atoms with van der Waals surface area (Å²) in [5.41, 5.74) is 9.26. The number of allylic oxidation sites excluding steroid dienone is 8. The van der Waals surface area contributed by atoms with Gasteiger partial charge in [-0.2, -0.15) is 4.58 Å². The van der Waals surface area contributed by atoms with Crippen LogP contribution < -0.4 is 25.0 Å². The topological polar surface area (TPSA) is 82.9 Å². The number of amides is 2. The molecule has 9 heteroatoms. The zero-order chi connectivity index (χ0) is 39.8. The van der Waals surface area contributed by atoms with Crippen molar-refractivity contribution >= 4 is 40.5 Å². The molecule has 2 N–H and O–H groups in total. The molecule has 2 aromatic carbocycles. The van der Waals surface area contributed by atoms with E-state index in [1.165, 1.54) is 33.9 Å². The SMILES string of the molecule is CNC(=O)CCCCCN1/C(=C/C=C2\CCCC(/C=C/C3=[N+](CCCCCC(=O)NC)c4ccc(OC)cc4C3(C)C)=C2Cl)C(C)(C)c2cc(OC)ccc21. The summed E-state index contributed by atoms with van der Waals surface area (Å²) >= 11 is 7.30. The van der Waals surface area contributed by atoms with Crippen LogP contribution in [0, 0.1) is 0 Å². The third kappa shape index (κ3) is 9.40. The van der Waals surface area contributed by atoms with Crippen molar-refractivity contribution in [2.45, 2.75) is 109 Å². The summed E-state index contributed by atoms with van der Waals surface area (Å²) < 4.78 is 13.7. The summed E-state index contributed by atoms with van der Waals surface area (Å²) in [5.74, 6) is 1.91. The maximum Gasteiger partial charge on any atom is 0.219 e. The highest BCUT2D eigenvalue weighted by atomic mass is 35.5. The fourth-order valence-electron chi connectivity index (χ4n) is 8.33. The molecular weight excluding hydrogens is 708 g/mol. The summed E-state index contributed by atoms with van der Waals surface area (Å²) in [6, 6.07) is 12.8. The van der Waals surface area contributed by atoms with E-state index in [1.54, 1.807) is 28.3 Å². The lowest BCUT2D eigenvalue weighted by molar-refractivity contribution is -0.438. The molecule has 0 bridgehead atoms. The number of unbranched alkanes of at least 4 members (excludes halogenated alkanes) is 4. The number of halogens is 1. The first-order valence-electron chi connectivity index (χ1n) is 20.1. The predicted molar refractivity (Wildman–Crippen MR) is 226 cm³/mol. The average Bonchev–Trinajstić information content (AvgIpc) is 3.53. The number of anilines is 1. The molecular formula is C46H62ClN4O4+. The molecule has 2 heterocycles. The Labute approximate surface area is 334 Å². The molecule has 2 amide bonds. The number of rotatable bonds is 17. The number of carbonyl (C=O) groups excluding carboxylic acids is 2. The van der Waals surface area contributed by atoms with Gasteiger partial charge in [0.05, 0.1) is 19.6 Å². The highest BCUT2D eigenvalue weighted by Gasteiger charge is 2.44. The van der Waals surface area contributed by atoms with Crippen LogP contribution in [0.25, 0.3) is 0 Å². The molecule has 2 aliphatic heterocycles. The van der Waals surface area contributed by atoms with Crippen molar-refractivity contribution in [2.24, 2.45) is 0 Å². The van der Waals surface area contributed by atoms with Gasteiger partial charge < -0.3 is 25.0 Å². The van der Waals surface area contributed by atoms with Crippen LogP contribution in [0.3, 0.4) is 0 Å². The Morgan fingerprint density at radius 3 is 2.09 bits per heavy atom. The molecule has 296 valence electrons. The maximum absolute atomic E-state index is 11.8. The van der Waals surface area contributed by atoms with Crippen LogP contribution in [-0.2, 0) is 20.4 Å². The van der Waals surface area contributed by atoms with Gasteiger partial charge >= 0.3 is 0 Å². The first kappa shape index (κ1) is 41.9. The number of benzene rings is 2. The quantitative estimate of drug-likeness (QED) is 0.124. The Morgan fingerprint density at radius 1 is 0.800 bits per heavy atom. The lowest BCUT2D eigenvalue weighted by Gasteiger charge is -2.27. The van der Waals surface area contributed by atoms with Gasteiger partial charge in [0.1, 0.15) is 18.0 Å². The van der Waals surface area contributed by atoms with Gasteiger partial charge in [0.25, 0.3) is 0 Å². The van der Waals surface area contributed by atoms with E-state index in [0.717, 1.165) is 98.6 Å². The van der Waals surface area contributed by atoms with E-state index >= 15 is 0 Å². The van der Waals surface area contributed by atoms with Gasteiger partial charge in [-0.15, -0.1) is 0 Å². The second kappa shape index (κ2) is 18.6. The number of methoxy groups -OCH3 is 2. The molecule has 1 aliphatic carbocycles. The highest BCUT2D eigenvalue weighted by molar-refractivity contribution is 6.32. The second-order valence-electron chi connectivity index (χ2n) is 15.9. The molecule has 0 unspecified atom stereocenters. The van der Waals surface area contributed by atoms with Crippen molar-refractivity contribution in [3.63, 3.8) is 0 Å². The molecule has 8 nitrogen and oxygen atoms in total. The van der Waals surface area contributed by atoms with Crippen molar-refractivity contribution in [3.8, 4) is 11.5 Å². The molecule has 3 aliphatic rings. The molecule has 0 aromatic heterocycles. The zero-order valence-electron chi connectivity index (χ0n) is 34.4. The van der Waals surface area contributed by atoms with Crippen molar-refractivity contribution in [1.29, 1.82) is 0 Å². The Kier molecular flexibility index (Phi) is 14.1. The zero-order valence-corrected chi connectivity index (χ0v) is 35.1. The Hall–Kier alpha value is -4.30. The van der Waals surface area contributed by atoms with E-state index in [9.17, 15) is 9.59 Å². The van der Waals surface area contributed by atoms with E-state index in [2.05, 4.69) is 96.4 Å². The van der Waals surface area contributed by atoms with Crippen LogP contribution in [0.15, 0.2) is 82.6 Å². The number of nitrogens with zero attached hydrogens (tertiary/aromatic N) is 2. The van der Waals surface area contributed by atoms with Gasteiger partial charge in [-0.1, -0.05) is 44.0 Å². The van der Waals surface area contributed by atoms with Crippen LogP contribution in [0.5, 0.6) is 11.5 Å². The van der Waals surface area contributed by atoms with Crippen LogP contribution in [0.4, 0.5) is 11.4 Å². The van der Waals surface area contributed by atoms with Crippen molar-refractivity contribution in [2.75, 3.05) is 46.3 Å². The number of carbonyl (C=O) groups is 2. The summed E-state index contributed by atoms with van der Waals surface area (Å²) in [4.78, 5) is 26.0. The number of hydrogen-bond acceptors (Lipinski definition) is 5.